The molecule has 1 atom stereocenters. The van der Waals surface area contributed by atoms with E-state index in [1.165, 1.54) is 11.3 Å². The summed E-state index contributed by atoms with van der Waals surface area (Å²) in [4.78, 5) is 39.7. The Morgan fingerprint density at radius 2 is 1.90 bits per heavy atom. The quantitative estimate of drug-likeness (QED) is 0.547. The molecule has 9 heteroatoms. The van der Waals surface area contributed by atoms with Crippen molar-refractivity contribution < 1.29 is 29.3 Å². The fourth-order valence-electron chi connectivity index (χ4n) is 4.58. The molecule has 0 bridgehead atoms. The van der Waals surface area contributed by atoms with Crippen LogP contribution in [0.25, 0.3) is 0 Å². The maximum absolute atomic E-state index is 12.6. The van der Waals surface area contributed by atoms with Crippen molar-refractivity contribution in [3.05, 3.63) is 21.9 Å². The molecule has 0 radical (unpaired) electrons. The molecule has 1 aromatic rings. The number of aliphatic hydroxyl groups excluding tert-OH is 1. The molecule has 2 N–H and O–H groups in total. The molecule has 4 rings (SSSR count). The lowest BCUT2D eigenvalue weighted by atomic mass is 9.76. The number of hydrogen-bond donors (Lipinski definition) is 2. The van der Waals surface area contributed by atoms with Gasteiger partial charge in [-0.15, -0.1) is 11.3 Å². The number of thiophene rings is 1. The third-order valence-corrected chi connectivity index (χ3v) is 7.29. The van der Waals surface area contributed by atoms with Crippen molar-refractivity contribution in [2.24, 2.45) is 5.41 Å². The van der Waals surface area contributed by atoms with Crippen LogP contribution in [0.1, 0.15) is 46.7 Å². The van der Waals surface area contributed by atoms with E-state index in [1.807, 2.05) is 24.0 Å². The van der Waals surface area contributed by atoms with Gasteiger partial charge in [-0.25, -0.2) is 0 Å². The lowest BCUT2D eigenvalue weighted by molar-refractivity contribution is -0.151. The van der Waals surface area contributed by atoms with E-state index in [0.29, 0.717) is 25.9 Å². The molecule has 166 valence electrons. The van der Waals surface area contributed by atoms with Crippen LogP contribution in [0.2, 0.25) is 0 Å². The van der Waals surface area contributed by atoms with Gasteiger partial charge in [0.25, 0.3) is 12.4 Å². The zero-order chi connectivity index (χ0) is 21.7. The number of nitrogens with zero attached hydrogens (tertiary/aromatic N) is 2. The van der Waals surface area contributed by atoms with Gasteiger partial charge in [0.05, 0.1) is 16.4 Å². The second kappa shape index (κ2) is 9.89. The van der Waals surface area contributed by atoms with Crippen LogP contribution in [0.5, 0.6) is 0 Å². The van der Waals surface area contributed by atoms with Crippen LogP contribution in [0.3, 0.4) is 0 Å². The molecule has 30 heavy (non-hydrogen) atoms. The molecule has 0 saturated carbocycles. The fourth-order valence-corrected chi connectivity index (χ4v) is 5.42. The molecule has 8 nitrogen and oxygen atoms in total. The van der Waals surface area contributed by atoms with Gasteiger partial charge in [0.15, 0.2) is 0 Å². The maximum atomic E-state index is 12.6. The summed E-state index contributed by atoms with van der Waals surface area (Å²) in [6, 6.07) is 3.87. The lowest BCUT2D eigenvalue weighted by Gasteiger charge is -2.36. The van der Waals surface area contributed by atoms with Gasteiger partial charge < -0.3 is 19.8 Å². The van der Waals surface area contributed by atoms with Gasteiger partial charge in [-0.2, -0.15) is 0 Å². The lowest BCUT2D eigenvalue weighted by Crippen LogP contribution is -2.45. The standard InChI is InChI=1S/C20H28N2O4S.CH2O2/c1-14-2-3-17(27-14)18(24)22-10-6-20(7-11-22)12-16(26-19(20)25)13-21-8-4-15(23)5-9-21;2-1-3/h2-3,15-16,23H,4-13H2,1H3;1H,(H,2,3). The Morgan fingerprint density at radius 1 is 1.27 bits per heavy atom. The van der Waals surface area contributed by atoms with E-state index >= 15 is 0 Å². The van der Waals surface area contributed by atoms with Crippen LogP contribution in [0.4, 0.5) is 0 Å². The molecule has 0 aromatic carbocycles. The second-order valence-electron chi connectivity index (χ2n) is 8.35. The van der Waals surface area contributed by atoms with Crippen LogP contribution in [0, 0.1) is 12.3 Å². The topological polar surface area (TPSA) is 107 Å². The molecule has 1 unspecified atom stereocenters. The van der Waals surface area contributed by atoms with Gasteiger partial charge >= 0.3 is 5.97 Å². The van der Waals surface area contributed by atoms with E-state index in [4.69, 9.17) is 14.6 Å². The van der Waals surface area contributed by atoms with Crippen LogP contribution < -0.4 is 0 Å². The first-order valence-corrected chi connectivity index (χ1v) is 11.2. The van der Waals surface area contributed by atoms with Gasteiger partial charge in [0, 0.05) is 44.0 Å². The Hall–Kier alpha value is -1.97. The number of carbonyl (C=O) groups excluding carboxylic acids is 2. The Labute approximate surface area is 180 Å². The van der Waals surface area contributed by atoms with E-state index in [-0.39, 0.29) is 30.6 Å². The number of carbonyl (C=O) groups is 3. The summed E-state index contributed by atoms with van der Waals surface area (Å²) in [7, 11) is 0. The van der Waals surface area contributed by atoms with Gasteiger partial charge in [-0.1, -0.05) is 0 Å². The average Bonchev–Trinajstić information content (AvgIpc) is 3.28. The first kappa shape index (κ1) is 22.7. The number of carboxylic acid groups (broad SMARTS) is 1. The van der Waals surface area contributed by atoms with E-state index in [0.717, 1.165) is 48.7 Å². The Morgan fingerprint density at radius 3 is 2.47 bits per heavy atom. The summed E-state index contributed by atoms with van der Waals surface area (Å²) < 4.78 is 5.72. The highest BCUT2D eigenvalue weighted by Crippen LogP contribution is 2.43. The van der Waals surface area contributed by atoms with Crippen molar-refractivity contribution in [2.45, 2.75) is 51.2 Å². The minimum Gasteiger partial charge on any atom is -0.483 e. The summed E-state index contributed by atoms with van der Waals surface area (Å²) in [5.41, 5.74) is -0.415. The van der Waals surface area contributed by atoms with Gasteiger partial charge in [-0.05, 0) is 44.7 Å². The van der Waals surface area contributed by atoms with E-state index in [2.05, 4.69) is 4.90 Å². The Kier molecular flexibility index (Phi) is 7.49. The average molecular weight is 439 g/mol. The summed E-state index contributed by atoms with van der Waals surface area (Å²) >= 11 is 1.53. The smallest absolute Gasteiger partial charge is 0.312 e. The van der Waals surface area contributed by atoms with E-state index in [9.17, 15) is 14.7 Å². The molecule has 0 aliphatic carbocycles. The van der Waals surface area contributed by atoms with E-state index in [1.54, 1.807) is 0 Å². The number of rotatable bonds is 3. The maximum Gasteiger partial charge on any atom is 0.312 e. The predicted octanol–water partition coefficient (Wildman–Crippen LogP) is 1.75. The summed E-state index contributed by atoms with van der Waals surface area (Å²) in [5.74, 6) is 0.00125. The SMILES string of the molecule is Cc1ccc(C(=O)N2CCC3(CC2)CC(CN2CCC(O)CC2)OC3=O)s1.O=CO. The van der Waals surface area contributed by atoms with Crippen LogP contribution in [-0.4, -0.2) is 83.3 Å². The molecule has 3 fully saturated rings. The molecule has 1 amide bonds. The van der Waals surface area contributed by atoms with Crippen LogP contribution in [0.15, 0.2) is 12.1 Å². The zero-order valence-corrected chi connectivity index (χ0v) is 18.1. The first-order chi connectivity index (χ1) is 14.4. The predicted molar refractivity (Wildman–Crippen MR) is 111 cm³/mol. The molecule has 3 aliphatic heterocycles. The Balaban J connectivity index is 0.000000806. The number of cyclic esters (lactones) is 1. The highest BCUT2D eigenvalue weighted by atomic mass is 32.1. The number of aliphatic hydroxyl groups is 1. The normalized spacial score (nSPS) is 24.3. The summed E-state index contributed by atoms with van der Waals surface area (Å²) in [6.07, 6.45) is 3.48. The number of amides is 1. The molecular formula is C21H30N2O6S. The summed E-state index contributed by atoms with van der Waals surface area (Å²) in [6.45, 7) is 5.48. The number of piperidine rings is 2. The van der Waals surface area contributed by atoms with Crippen molar-refractivity contribution in [2.75, 3.05) is 32.7 Å². The zero-order valence-electron chi connectivity index (χ0n) is 17.3. The number of hydrogen-bond acceptors (Lipinski definition) is 7. The molecular weight excluding hydrogens is 408 g/mol. The molecule has 1 spiro atoms. The first-order valence-electron chi connectivity index (χ1n) is 10.4. The minimum atomic E-state index is -0.415. The van der Waals surface area contributed by atoms with Crippen LogP contribution in [-0.2, 0) is 14.3 Å². The van der Waals surface area contributed by atoms with Gasteiger partial charge in [0.1, 0.15) is 6.10 Å². The highest BCUT2D eigenvalue weighted by Gasteiger charge is 2.51. The number of ether oxygens (including phenoxy) is 1. The highest BCUT2D eigenvalue weighted by molar-refractivity contribution is 7.13. The van der Waals surface area contributed by atoms with Gasteiger partial charge in [0.2, 0.25) is 0 Å². The number of likely N-dealkylation sites (tertiary alicyclic amines) is 2. The second-order valence-corrected chi connectivity index (χ2v) is 9.64. The molecule has 4 heterocycles. The Bertz CT molecular complexity index is 750. The monoisotopic (exact) mass is 438 g/mol. The summed E-state index contributed by atoms with van der Waals surface area (Å²) in [5, 5.41) is 16.5. The van der Waals surface area contributed by atoms with Crippen molar-refractivity contribution in [1.82, 2.24) is 9.80 Å². The third-order valence-electron chi connectivity index (χ3n) is 6.30. The molecule has 3 aliphatic rings. The van der Waals surface area contributed by atoms with E-state index < -0.39 is 5.41 Å². The number of esters is 1. The molecule has 1 aromatic heterocycles. The van der Waals surface area contributed by atoms with Crippen molar-refractivity contribution in [3.63, 3.8) is 0 Å². The molecule has 3 saturated heterocycles. The minimum absolute atomic E-state index is 0.0602. The van der Waals surface area contributed by atoms with Crippen molar-refractivity contribution >= 4 is 29.7 Å². The largest absolute Gasteiger partial charge is 0.483 e. The van der Waals surface area contributed by atoms with Crippen molar-refractivity contribution in [3.8, 4) is 0 Å². The third kappa shape index (κ3) is 5.19. The number of aryl methyl sites for hydroxylation is 1. The fraction of sp³-hybridized carbons (Fsp3) is 0.667. The van der Waals surface area contributed by atoms with Crippen LogP contribution >= 0.6 is 11.3 Å². The van der Waals surface area contributed by atoms with Crippen molar-refractivity contribution in [1.29, 1.82) is 0 Å². The van der Waals surface area contributed by atoms with Gasteiger partial charge in [-0.3, -0.25) is 19.3 Å².